The maximum atomic E-state index is 14.3. The van der Waals surface area contributed by atoms with Crippen molar-refractivity contribution >= 4 is 11.9 Å². The molecular weight excluding hydrogens is 422 g/mol. The SMILES string of the molecule is O=C(c1ccco1)N1CCc2nc(N3CCOCC3)nc(Oc3ccc(F)cc3F)c2C1. The Hall–Kier alpha value is -3.53. The van der Waals surface area contributed by atoms with Gasteiger partial charge in [0.15, 0.2) is 17.3 Å². The highest BCUT2D eigenvalue weighted by atomic mass is 19.1. The molecule has 166 valence electrons. The van der Waals surface area contributed by atoms with Crippen molar-refractivity contribution in [3.63, 3.8) is 0 Å². The second-order valence-corrected chi connectivity index (χ2v) is 7.48. The molecule has 8 nitrogen and oxygen atoms in total. The zero-order valence-corrected chi connectivity index (χ0v) is 17.1. The number of rotatable bonds is 4. The van der Waals surface area contributed by atoms with E-state index in [1.807, 2.05) is 4.90 Å². The smallest absolute Gasteiger partial charge is 0.289 e. The third kappa shape index (κ3) is 4.01. The third-order valence-corrected chi connectivity index (χ3v) is 5.42. The lowest BCUT2D eigenvalue weighted by atomic mass is 10.1. The number of anilines is 1. The molecule has 1 aromatic carbocycles. The first-order chi connectivity index (χ1) is 15.6. The summed E-state index contributed by atoms with van der Waals surface area (Å²) in [4.78, 5) is 25.6. The number of aromatic nitrogens is 2. The first-order valence-electron chi connectivity index (χ1n) is 10.3. The summed E-state index contributed by atoms with van der Waals surface area (Å²) in [6, 6.07) is 6.32. The summed E-state index contributed by atoms with van der Waals surface area (Å²) in [5.41, 5.74) is 1.30. The van der Waals surface area contributed by atoms with Gasteiger partial charge in [-0.1, -0.05) is 0 Å². The van der Waals surface area contributed by atoms with Crippen LogP contribution in [-0.2, 0) is 17.7 Å². The first kappa shape index (κ1) is 20.4. The second-order valence-electron chi connectivity index (χ2n) is 7.48. The van der Waals surface area contributed by atoms with E-state index in [9.17, 15) is 13.6 Å². The normalized spacial score (nSPS) is 16.1. The molecule has 1 saturated heterocycles. The predicted octanol–water partition coefficient (Wildman–Crippen LogP) is 3.18. The zero-order valence-electron chi connectivity index (χ0n) is 17.1. The number of carbonyl (C=O) groups is 1. The van der Waals surface area contributed by atoms with Gasteiger partial charge in [0.05, 0.1) is 37.3 Å². The van der Waals surface area contributed by atoms with Crippen LogP contribution in [0.2, 0.25) is 0 Å². The number of benzene rings is 1. The number of amides is 1. The van der Waals surface area contributed by atoms with Crippen LogP contribution in [0.25, 0.3) is 0 Å². The van der Waals surface area contributed by atoms with Gasteiger partial charge in [0, 0.05) is 32.1 Å². The summed E-state index contributed by atoms with van der Waals surface area (Å²) >= 11 is 0. The Morgan fingerprint density at radius 3 is 2.69 bits per heavy atom. The van der Waals surface area contributed by atoms with E-state index in [2.05, 4.69) is 4.98 Å². The van der Waals surface area contributed by atoms with Crippen molar-refractivity contribution in [1.29, 1.82) is 0 Å². The lowest BCUT2D eigenvalue weighted by Gasteiger charge is -2.31. The monoisotopic (exact) mass is 442 g/mol. The minimum Gasteiger partial charge on any atom is -0.459 e. The summed E-state index contributed by atoms with van der Waals surface area (Å²) in [5.74, 6) is -1.15. The van der Waals surface area contributed by atoms with Crippen LogP contribution < -0.4 is 9.64 Å². The number of carbonyl (C=O) groups excluding carboxylic acids is 1. The molecule has 2 aliphatic heterocycles. The van der Waals surface area contributed by atoms with Crippen molar-refractivity contribution < 1.29 is 27.5 Å². The van der Waals surface area contributed by atoms with Gasteiger partial charge in [-0.2, -0.15) is 4.98 Å². The minimum atomic E-state index is -0.843. The van der Waals surface area contributed by atoms with Gasteiger partial charge in [-0.3, -0.25) is 4.79 Å². The molecule has 0 N–H and O–H groups in total. The minimum absolute atomic E-state index is 0.138. The molecular formula is C22H20F2N4O4. The molecule has 0 atom stereocenters. The molecule has 0 saturated carbocycles. The Morgan fingerprint density at radius 1 is 1.09 bits per heavy atom. The Kier molecular flexibility index (Phi) is 5.44. The number of nitrogens with zero attached hydrogens (tertiary/aromatic N) is 4. The molecule has 2 aliphatic rings. The zero-order chi connectivity index (χ0) is 22.1. The number of ether oxygens (including phenoxy) is 2. The molecule has 1 amide bonds. The molecule has 5 rings (SSSR count). The molecule has 4 heterocycles. The van der Waals surface area contributed by atoms with Gasteiger partial charge < -0.3 is 23.7 Å². The fourth-order valence-corrected chi connectivity index (χ4v) is 3.75. The number of morpholine rings is 1. The predicted molar refractivity (Wildman–Crippen MR) is 109 cm³/mol. The van der Waals surface area contributed by atoms with Crippen LogP contribution in [0, 0.1) is 11.6 Å². The van der Waals surface area contributed by atoms with E-state index in [0.717, 1.165) is 17.8 Å². The van der Waals surface area contributed by atoms with Gasteiger partial charge in [0.2, 0.25) is 11.8 Å². The van der Waals surface area contributed by atoms with Gasteiger partial charge in [-0.15, -0.1) is 0 Å². The highest BCUT2D eigenvalue weighted by Crippen LogP contribution is 2.33. The van der Waals surface area contributed by atoms with Crippen molar-refractivity contribution in [2.45, 2.75) is 13.0 Å². The van der Waals surface area contributed by atoms with Gasteiger partial charge in [-0.05, 0) is 24.3 Å². The molecule has 3 aromatic rings. The Bertz CT molecular complexity index is 1130. The maximum Gasteiger partial charge on any atom is 0.289 e. The summed E-state index contributed by atoms with van der Waals surface area (Å²) in [7, 11) is 0. The fourth-order valence-electron chi connectivity index (χ4n) is 3.75. The summed E-state index contributed by atoms with van der Waals surface area (Å²) in [6.45, 7) is 2.95. The topological polar surface area (TPSA) is 80.9 Å². The van der Waals surface area contributed by atoms with Crippen LogP contribution in [0.15, 0.2) is 41.0 Å². The van der Waals surface area contributed by atoms with Gasteiger partial charge in [-0.25, -0.2) is 13.8 Å². The molecule has 0 bridgehead atoms. The third-order valence-electron chi connectivity index (χ3n) is 5.42. The largest absolute Gasteiger partial charge is 0.459 e. The molecule has 0 radical (unpaired) electrons. The number of furan rings is 1. The van der Waals surface area contributed by atoms with Crippen LogP contribution in [-0.4, -0.2) is 53.6 Å². The number of hydrogen-bond donors (Lipinski definition) is 0. The summed E-state index contributed by atoms with van der Waals surface area (Å²) in [6.07, 6.45) is 1.92. The molecule has 10 heteroatoms. The number of fused-ring (bicyclic) bond motifs is 1. The van der Waals surface area contributed by atoms with Crippen molar-refractivity contribution in [3.05, 3.63) is 65.2 Å². The summed E-state index contributed by atoms with van der Waals surface area (Å²) in [5, 5.41) is 0. The Morgan fingerprint density at radius 2 is 1.94 bits per heavy atom. The van der Waals surface area contributed by atoms with E-state index in [4.69, 9.17) is 18.9 Å². The van der Waals surface area contributed by atoms with E-state index >= 15 is 0 Å². The van der Waals surface area contributed by atoms with E-state index in [1.54, 1.807) is 17.0 Å². The van der Waals surface area contributed by atoms with Crippen LogP contribution >= 0.6 is 0 Å². The van der Waals surface area contributed by atoms with E-state index in [-0.39, 0.29) is 29.8 Å². The molecule has 2 aromatic heterocycles. The molecule has 1 fully saturated rings. The number of halogens is 2. The lowest BCUT2D eigenvalue weighted by Crippen LogP contribution is -2.39. The molecule has 32 heavy (non-hydrogen) atoms. The average molecular weight is 442 g/mol. The lowest BCUT2D eigenvalue weighted by molar-refractivity contribution is 0.0699. The van der Waals surface area contributed by atoms with Crippen LogP contribution in [0.4, 0.5) is 14.7 Å². The molecule has 0 spiro atoms. The fraction of sp³-hybridized carbons (Fsp3) is 0.318. The highest BCUT2D eigenvalue weighted by molar-refractivity contribution is 5.91. The Labute approximate surface area is 182 Å². The number of hydrogen-bond acceptors (Lipinski definition) is 7. The van der Waals surface area contributed by atoms with E-state index in [1.165, 1.54) is 12.3 Å². The van der Waals surface area contributed by atoms with E-state index < -0.39 is 11.6 Å². The molecule has 0 aliphatic carbocycles. The van der Waals surface area contributed by atoms with E-state index in [0.29, 0.717) is 50.8 Å². The van der Waals surface area contributed by atoms with Crippen LogP contribution in [0.1, 0.15) is 21.8 Å². The van der Waals surface area contributed by atoms with Crippen molar-refractivity contribution in [1.82, 2.24) is 14.9 Å². The standard InChI is InChI=1S/C22H20F2N4O4/c23-14-3-4-18(16(24)12-14)32-20-15-13-28(21(29)19-2-1-9-31-19)6-5-17(15)25-22(26-20)27-7-10-30-11-8-27/h1-4,9,12H,5-8,10-11,13H2. The van der Waals surface area contributed by atoms with Crippen LogP contribution in [0.5, 0.6) is 11.6 Å². The summed E-state index contributed by atoms with van der Waals surface area (Å²) < 4.78 is 44.1. The van der Waals surface area contributed by atoms with Crippen LogP contribution in [0.3, 0.4) is 0 Å². The second kappa shape index (κ2) is 8.54. The van der Waals surface area contributed by atoms with Crippen molar-refractivity contribution in [2.24, 2.45) is 0 Å². The maximum absolute atomic E-state index is 14.3. The average Bonchev–Trinajstić information content (AvgIpc) is 3.35. The Balaban J connectivity index is 1.51. The van der Waals surface area contributed by atoms with Gasteiger partial charge in [0.1, 0.15) is 5.82 Å². The first-order valence-corrected chi connectivity index (χ1v) is 10.3. The van der Waals surface area contributed by atoms with Gasteiger partial charge in [0.25, 0.3) is 5.91 Å². The van der Waals surface area contributed by atoms with Gasteiger partial charge >= 0.3 is 0 Å². The molecule has 0 unspecified atom stereocenters. The quantitative estimate of drug-likeness (QED) is 0.614. The highest BCUT2D eigenvalue weighted by Gasteiger charge is 2.29. The van der Waals surface area contributed by atoms with Crippen molar-refractivity contribution in [3.8, 4) is 11.6 Å². The van der Waals surface area contributed by atoms with Crippen molar-refractivity contribution in [2.75, 3.05) is 37.7 Å².